The van der Waals surface area contributed by atoms with Gasteiger partial charge in [0.05, 0.1) is 5.92 Å². The van der Waals surface area contributed by atoms with Gasteiger partial charge in [0.2, 0.25) is 23.6 Å². The van der Waals surface area contributed by atoms with Crippen LogP contribution in [0, 0.1) is 5.92 Å². The minimum absolute atomic E-state index is 0.0494. The summed E-state index contributed by atoms with van der Waals surface area (Å²) in [4.78, 5) is 50.3. The summed E-state index contributed by atoms with van der Waals surface area (Å²) in [5, 5.41) is 2.24. The first-order valence-electron chi connectivity index (χ1n) is 6.89. The molecule has 1 N–H and O–H groups in total. The Balaban J connectivity index is 2.13. The number of hydrogen-bond acceptors (Lipinski definition) is 4. The van der Waals surface area contributed by atoms with Crippen LogP contribution in [-0.2, 0) is 19.2 Å². The summed E-state index contributed by atoms with van der Waals surface area (Å²) in [6.45, 7) is 4.48. The van der Waals surface area contributed by atoms with Crippen molar-refractivity contribution in [2.75, 3.05) is 19.6 Å². The van der Waals surface area contributed by atoms with Gasteiger partial charge < -0.3 is 9.80 Å². The molecule has 110 valence electrons. The van der Waals surface area contributed by atoms with Gasteiger partial charge in [0.15, 0.2) is 0 Å². The molecule has 4 amide bonds. The van der Waals surface area contributed by atoms with E-state index in [2.05, 4.69) is 5.32 Å². The van der Waals surface area contributed by atoms with Crippen molar-refractivity contribution in [1.29, 1.82) is 0 Å². The molecular formula is C13H19N3O4. The van der Waals surface area contributed by atoms with Gasteiger partial charge in [-0.15, -0.1) is 0 Å². The highest BCUT2D eigenvalue weighted by Gasteiger charge is 2.41. The molecule has 7 nitrogen and oxygen atoms in total. The first-order valence-corrected chi connectivity index (χ1v) is 6.89. The molecule has 0 spiro atoms. The van der Waals surface area contributed by atoms with Crippen LogP contribution in [0.15, 0.2) is 0 Å². The van der Waals surface area contributed by atoms with Crippen LogP contribution in [0.5, 0.6) is 0 Å². The highest BCUT2D eigenvalue weighted by molar-refractivity contribution is 6.05. The van der Waals surface area contributed by atoms with Crippen molar-refractivity contribution in [2.45, 2.75) is 32.7 Å². The molecule has 0 radical (unpaired) electrons. The summed E-state index contributed by atoms with van der Waals surface area (Å²) >= 11 is 0. The van der Waals surface area contributed by atoms with E-state index in [4.69, 9.17) is 0 Å². The zero-order valence-corrected chi connectivity index (χ0v) is 11.7. The Morgan fingerprint density at radius 3 is 2.55 bits per heavy atom. The smallest absolute Gasteiger partial charge is 0.249 e. The Kier molecular flexibility index (Phi) is 4.06. The Hall–Kier alpha value is -1.92. The van der Waals surface area contributed by atoms with Gasteiger partial charge in [-0.3, -0.25) is 24.5 Å². The maximum atomic E-state index is 12.5. The molecule has 2 fully saturated rings. The lowest BCUT2D eigenvalue weighted by atomic mass is 10.0. The van der Waals surface area contributed by atoms with Gasteiger partial charge in [0.1, 0.15) is 12.6 Å². The van der Waals surface area contributed by atoms with Crippen LogP contribution in [0.25, 0.3) is 0 Å². The number of carbonyl (C=O) groups is 4. The minimum Gasteiger partial charge on any atom is -0.342 e. The van der Waals surface area contributed by atoms with E-state index in [9.17, 15) is 19.2 Å². The van der Waals surface area contributed by atoms with Crippen LogP contribution in [0.1, 0.15) is 26.7 Å². The van der Waals surface area contributed by atoms with Crippen molar-refractivity contribution in [3.05, 3.63) is 0 Å². The molecule has 2 saturated heterocycles. The fraction of sp³-hybridized carbons (Fsp3) is 0.692. The SMILES string of the molecule is CCC1C(=O)NC(=O)CN1C(=O)C1CC(=O)N(CC)C1. The lowest BCUT2D eigenvalue weighted by molar-refractivity contribution is -0.152. The molecule has 2 rings (SSSR count). The molecule has 0 bridgehead atoms. The second kappa shape index (κ2) is 5.60. The molecular weight excluding hydrogens is 262 g/mol. The van der Waals surface area contributed by atoms with Gasteiger partial charge in [-0.2, -0.15) is 0 Å². The summed E-state index contributed by atoms with van der Waals surface area (Å²) in [7, 11) is 0. The molecule has 0 aliphatic carbocycles. The quantitative estimate of drug-likeness (QED) is 0.680. The first-order chi connectivity index (χ1) is 9.47. The molecule has 7 heteroatoms. The van der Waals surface area contributed by atoms with E-state index in [0.29, 0.717) is 19.5 Å². The van der Waals surface area contributed by atoms with Gasteiger partial charge in [-0.05, 0) is 13.3 Å². The molecule has 2 aliphatic rings. The van der Waals surface area contributed by atoms with E-state index in [-0.39, 0.29) is 24.8 Å². The van der Waals surface area contributed by atoms with E-state index in [1.807, 2.05) is 6.92 Å². The van der Waals surface area contributed by atoms with Crippen LogP contribution >= 0.6 is 0 Å². The number of carbonyl (C=O) groups excluding carboxylic acids is 4. The normalized spacial score (nSPS) is 27.0. The summed E-state index contributed by atoms with van der Waals surface area (Å²) in [6, 6.07) is -0.619. The number of piperazine rings is 1. The number of nitrogens with zero attached hydrogens (tertiary/aromatic N) is 2. The third kappa shape index (κ3) is 2.52. The predicted octanol–water partition coefficient (Wildman–Crippen LogP) is -0.882. The van der Waals surface area contributed by atoms with Crippen molar-refractivity contribution >= 4 is 23.6 Å². The van der Waals surface area contributed by atoms with Gasteiger partial charge in [-0.25, -0.2) is 0 Å². The standard InChI is InChI=1S/C13H19N3O4/c1-3-9-12(19)14-10(17)7-16(9)13(20)8-5-11(18)15(4-2)6-8/h8-9H,3-7H2,1-2H3,(H,14,17,19). The van der Waals surface area contributed by atoms with Crippen LogP contribution in [0.2, 0.25) is 0 Å². The van der Waals surface area contributed by atoms with Gasteiger partial charge in [-0.1, -0.05) is 6.92 Å². The van der Waals surface area contributed by atoms with Crippen molar-refractivity contribution in [3.8, 4) is 0 Å². The first kappa shape index (κ1) is 14.5. The molecule has 20 heavy (non-hydrogen) atoms. The van der Waals surface area contributed by atoms with Gasteiger partial charge >= 0.3 is 0 Å². The molecule has 2 heterocycles. The third-order valence-corrected chi connectivity index (χ3v) is 3.87. The van der Waals surface area contributed by atoms with Crippen molar-refractivity contribution in [1.82, 2.24) is 15.1 Å². The summed E-state index contributed by atoms with van der Waals surface area (Å²) in [6.07, 6.45) is 0.610. The molecule has 0 aromatic heterocycles. The number of amides is 4. The predicted molar refractivity (Wildman–Crippen MR) is 69.3 cm³/mol. The van der Waals surface area contributed by atoms with Crippen molar-refractivity contribution in [3.63, 3.8) is 0 Å². The second-order valence-corrected chi connectivity index (χ2v) is 5.14. The average Bonchev–Trinajstić information content (AvgIpc) is 2.78. The van der Waals surface area contributed by atoms with E-state index in [0.717, 1.165) is 0 Å². The van der Waals surface area contributed by atoms with Crippen LogP contribution < -0.4 is 5.32 Å². The number of nitrogens with one attached hydrogen (secondary N) is 1. The number of imide groups is 1. The maximum Gasteiger partial charge on any atom is 0.249 e. The Morgan fingerprint density at radius 2 is 2.00 bits per heavy atom. The lowest BCUT2D eigenvalue weighted by Crippen LogP contribution is -2.60. The average molecular weight is 281 g/mol. The highest BCUT2D eigenvalue weighted by atomic mass is 16.2. The van der Waals surface area contributed by atoms with Crippen LogP contribution in [-0.4, -0.2) is 59.1 Å². The largest absolute Gasteiger partial charge is 0.342 e. The molecule has 0 aromatic rings. The number of hydrogen-bond donors (Lipinski definition) is 1. The molecule has 0 saturated carbocycles. The maximum absolute atomic E-state index is 12.5. The van der Waals surface area contributed by atoms with Crippen molar-refractivity contribution < 1.29 is 19.2 Å². The third-order valence-electron chi connectivity index (χ3n) is 3.87. The molecule has 0 aromatic carbocycles. The van der Waals surface area contributed by atoms with E-state index < -0.39 is 23.8 Å². The fourth-order valence-corrected chi connectivity index (χ4v) is 2.78. The summed E-state index contributed by atoms with van der Waals surface area (Å²) in [5.41, 5.74) is 0. The minimum atomic E-state index is -0.619. The van der Waals surface area contributed by atoms with Crippen molar-refractivity contribution in [2.24, 2.45) is 5.92 Å². The molecule has 2 aliphatic heterocycles. The topological polar surface area (TPSA) is 86.8 Å². The van der Waals surface area contributed by atoms with E-state index >= 15 is 0 Å². The van der Waals surface area contributed by atoms with E-state index in [1.54, 1.807) is 11.8 Å². The Labute approximate surface area is 117 Å². The Morgan fingerprint density at radius 1 is 1.30 bits per heavy atom. The second-order valence-electron chi connectivity index (χ2n) is 5.14. The van der Waals surface area contributed by atoms with Gasteiger partial charge in [0.25, 0.3) is 0 Å². The molecule has 2 unspecified atom stereocenters. The summed E-state index contributed by atoms with van der Waals surface area (Å²) in [5.74, 6) is -1.68. The highest BCUT2D eigenvalue weighted by Crippen LogP contribution is 2.22. The summed E-state index contributed by atoms with van der Waals surface area (Å²) < 4.78 is 0. The Bertz CT molecular complexity index is 463. The lowest BCUT2D eigenvalue weighted by Gasteiger charge is -2.34. The fourth-order valence-electron chi connectivity index (χ4n) is 2.78. The zero-order valence-electron chi connectivity index (χ0n) is 11.7. The number of likely N-dealkylation sites (tertiary alicyclic amines) is 1. The zero-order chi connectivity index (χ0) is 14.9. The van der Waals surface area contributed by atoms with Crippen LogP contribution in [0.4, 0.5) is 0 Å². The van der Waals surface area contributed by atoms with Crippen LogP contribution in [0.3, 0.4) is 0 Å². The molecule has 2 atom stereocenters. The van der Waals surface area contributed by atoms with E-state index in [1.165, 1.54) is 4.90 Å². The number of rotatable bonds is 3. The van der Waals surface area contributed by atoms with Gasteiger partial charge in [0, 0.05) is 19.5 Å². The monoisotopic (exact) mass is 281 g/mol.